The third kappa shape index (κ3) is 5.34. The van der Waals surface area contributed by atoms with Crippen LogP contribution in [0.25, 0.3) is 11.1 Å². The number of nitrogens with two attached hydrogens (primary N) is 1. The molecule has 0 spiro atoms. The quantitative estimate of drug-likeness (QED) is 0.214. The predicted molar refractivity (Wildman–Crippen MR) is 133 cm³/mol. The summed E-state index contributed by atoms with van der Waals surface area (Å²) in [4.78, 5) is 27.4. The molecule has 0 radical (unpaired) electrons. The van der Waals surface area contributed by atoms with Gasteiger partial charge >= 0.3 is 0 Å². The summed E-state index contributed by atoms with van der Waals surface area (Å²) in [6.07, 6.45) is 7.59. The number of carbonyl (C=O) groups is 1. The van der Waals surface area contributed by atoms with Gasteiger partial charge in [0.15, 0.2) is 11.5 Å². The summed E-state index contributed by atoms with van der Waals surface area (Å²) < 4.78 is 5.69. The maximum absolute atomic E-state index is 13.4. The zero-order valence-electron chi connectivity index (χ0n) is 19.5. The minimum Gasteiger partial charge on any atom is -0.369 e. The van der Waals surface area contributed by atoms with E-state index in [-0.39, 0.29) is 18.6 Å². The minimum atomic E-state index is -1.47. The molecule has 1 atom stereocenters. The molecule has 1 aliphatic heterocycles. The molecule has 1 aromatic carbocycles. The molecule has 33 heavy (non-hydrogen) atoms. The molecule has 1 aliphatic rings. The van der Waals surface area contributed by atoms with Gasteiger partial charge in [0.25, 0.3) is 5.91 Å². The molecule has 10 heteroatoms. The van der Waals surface area contributed by atoms with Crippen molar-refractivity contribution in [2.24, 2.45) is 10.7 Å². The SMILES string of the molecule is CN1C(=O)C(/C(C=N)=C/NCOCC[Si](C)(C)C)(c2cccc(-c3cncnc3)c2)N=C1N. The fourth-order valence-electron chi connectivity index (χ4n) is 3.47. The van der Waals surface area contributed by atoms with E-state index in [1.807, 2.05) is 24.3 Å². The fraction of sp³-hybridized carbons (Fsp3) is 0.348. The van der Waals surface area contributed by atoms with E-state index in [2.05, 4.69) is 39.9 Å². The van der Waals surface area contributed by atoms with Crippen molar-refractivity contribution < 1.29 is 9.53 Å². The number of hydrogen-bond acceptors (Lipinski definition) is 8. The van der Waals surface area contributed by atoms with Crippen LogP contribution in [0.5, 0.6) is 0 Å². The third-order valence-electron chi connectivity index (χ3n) is 5.43. The van der Waals surface area contributed by atoms with Crippen LogP contribution in [0.2, 0.25) is 25.7 Å². The van der Waals surface area contributed by atoms with Crippen LogP contribution in [-0.4, -0.2) is 61.4 Å². The Kier molecular flexibility index (Phi) is 7.39. The molecule has 3 rings (SSSR count). The molecule has 2 aromatic rings. The summed E-state index contributed by atoms with van der Waals surface area (Å²) >= 11 is 0. The number of aromatic nitrogens is 2. The second-order valence-electron chi connectivity index (χ2n) is 9.06. The molecular formula is C23H31N7O2Si. The first-order chi connectivity index (χ1) is 15.7. The lowest BCUT2D eigenvalue weighted by Gasteiger charge is -2.27. The van der Waals surface area contributed by atoms with Gasteiger partial charge in [-0.25, -0.2) is 15.0 Å². The molecule has 2 heterocycles. The van der Waals surface area contributed by atoms with E-state index < -0.39 is 13.6 Å². The zero-order valence-corrected chi connectivity index (χ0v) is 20.5. The number of rotatable bonds is 10. The van der Waals surface area contributed by atoms with Crippen molar-refractivity contribution in [2.45, 2.75) is 31.2 Å². The Morgan fingerprint density at radius 3 is 2.61 bits per heavy atom. The van der Waals surface area contributed by atoms with Crippen molar-refractivity contribution in [3.05, 3.63) is 60.3 Å². The molecule has 1 amide bonds. The van der Waals surface area contributed by atoms with E-state index in [9.17, 15) is 4.79 Å². The van der Waals surface area contributed by atoms with Crippen LogP contribution in [0, 0.1) is 5.41 Å². The molecule has 0 saturated carbocycles. The van der Waals surface area contributed by atoms with Gasteiger partial charge in [-0.15, -0.1) is 0 Å². The van der Waals surface area contributed by atoms with E-state index in [1.165, 1.54) is 11.2 Å². The van der Waals surface area contributed by atoms with Gasteiger partial charge in [0.05, 0.1) is 0 Å². The lowest BCUT2D eigenvalue weighted by atomic mass is 9.82. The topological polar surface area (TPSA) is 130 Å². The second kappa shape index (κ2) is 10.0. The zero-order chi connectivity index (χ0) is 24.1. The van der Waals surface area contributed by atoms with Crippen LogP contribution < -0.4 is 11.1 Å². The number of nitrogens with one attached hydrogen (secondary N) is 2. The molecule has 174 valence electrons. The van der Waals surface area contributed by atoms with E-state index >= 15 is 0 Å². The normalized spacial score (nSPS) is 18.9. The molecule has 0 fully saturated rings. The first-order valence-corrected chi connectivity index (χ1v) is 14.4. The number of carbonyl (C=O) groups excluding carboxylic acids is 1. The minimum absolute atomic E-state index is 0.0904. The second-order valence-corrected chi connectivity index (χ2v) is 14.7. The number of likely N-dealkylation sites (N-methyl/N-ethyl adjacent to an activating group) is 1. The van der Waals surface area contributed by atoms with Gasteiger partial charge in [0.1, 0.15) is 13.1 Å². The maximum Gasteiger partial charge on any atom is 0.266 e. The van der Waals surface area contributed by atoms with Gasteiger partial charge in [-0.1, -0.05) is 37.8 Å². The Bertz CT molecular complexity index is 1070. The van der Waals surface area contributed by atoms with Gasteiger partial charge in [-0.2, -0.15) is 0 Å². The lowest BCUT2D eigenvalue weighted by Crippen LogP contribution is -2.42. The number of nitrogens with zero attached hydrogens (tertiary/aromatic N) is 4. The Labute approximate surface area is 195 Å². The van der Waals surface area contributed by atoms with Crippen molar-refractivity contribution in [1.82, 2.24) is 20.2 Å². The Morgan fingerprint density at radius 2 is 2.00 bits per heavy atom. The molecule has 9 nitrogen and oxygen atoms in total. The highest BCUT2D eigenvalue weighted by atomic mass is 28.3. The predicted octanol–water partition coefficient (Wildman–Crippen LogP) is 2.56. The Balaban J connectivity index is 1.94. The first kappa shape index (κ1) is 24.3. The highest BCUT2D eigenvalue weighted by molar-refractivity contribution is 6.76. The van der Waals surface area contributed by atoms with Crippen molar-refractivity contribution in [2.75, 3.05) is 20.4 Å². The number of aliphatic imine (C=N–C) groups is 1. The number of benzene rings is 1. The summed E-state index contributed by atoms with van der Waals surface area (Å²) in [7, 11) is 0.399. The maximum atomic E-state index is 13.4. The van der Waals surface area contributed by atoms with Gasteiger partial charge in [-0.05, 0) is 23.2 Å². The first-order valence-electron chi connectivity index (χ1n) is 10.7. The van der Waals surface area contributed by atoms with Crippen LogP contribution in [0.15, 0.2) is 59.8 Å². The molecule has 1 aromatic heterocycles. The third-order valence-corrected chi connectivity index (χ3v) is 7.13. The number of guanidine groups is 1. The molecular weight excluding hydrogens is 434 g/mol. The van der Waals surface area contributed by atoms with Gasteiger partial charge in [0, 0.05) is 57.7 Å². The summed E-state index contributed by atoms with van der Waals surface area (Å²) in [6, 6.07) is 8.47. The Morgan fingerprint density at radius 1 is 1.27 bits per heavy atom. The number of ether oxygens (including phenoxy) is 1. The summed E-state index contributed by atoms with van der Waals surface area (Å²) in [5.74, 6) is -0.245. The van der Waals surface area contributed by atoms with Crippen LogP contribution in [-0.2, 0) is 15.1 Å². The van der Waals surface area contributed by atoms with Crippen LogP contribution in [0.1, 0.15) is 5.56 Å². The van der Waals surface area contributed by atoms with E-state index in [0.29, 0.717) is 17.7 Å². The molecule has 0 saturated heterocycles. The summed E-state index contributed by atoms with van der Waals surface area (Å²) in [6.45, 7) is 7.81. The largest absolute Gasteiger partial charge is 0.369 e. The highest BCUT2D eigenvalue weighted by Gasteiger charge is 2.50. The fourth-order valence-corrected chi connectivity index (χ4v) is 4.22. The van der Waals surface area contributed by atoms with Gasteiger partial charge < -0.3 is 21.2 Å². The molecule has 0 aliphatic carbocycles. The van der Waals surface area contributed by atoms with E-state index in [4.69, 9.17) is 15.9 Å². The average Bonchev–Trinajstić information content (AvgIpc) is 3.03. The van der Waals surface area contributed by atoms with Gasteiger partial charge in [0.2, 0.25) is 0 Å². The molecule has 0 bridgehead atoms. The van der Waals surface area contributed by atoms with Crippen LogP contribution in [0.3, 0.4) is 0 Å². The molecule has 4 N–H and O–H groups in total. The average molecular weight is 466 g/mol. The van der Waals surface area contributed by atoms with Gasteiger partial charge in [-0.3, -0.25) is 9.69 Å². The smallest absolute Gasteiger partial charge is 0.266 e. The van der Waals surface area contributed by atoms with Crippen LogP contribution >= 0.6 is 0 Å². The van der Waals surface area contributed by atoms with Crippen molar-refractivity contribution in [3.63, 3.8) is 0 Å². The highest BCUT2D eigenvalue weighted by Crippen LogP contribution is 2.39. The van der Waals surface area contributed by atoms with Crippen molar-refractivity contribution >= 4 is 26.2 Å². The monoisotopic (exact) mass is 465 g/mol. The standard InChI is InChI=1S/C23H31N7O2Si/c1-30-21(31)23(29-22(30)25,20(11-24)14-28-16-32-8-9-33(2,3)4)19-7-5-6-17(10-19)18-12-26-15-27-13-18/h5-7,10-15,24,28H,8-9,16H2,1-4H3,(H2,25,29)/b20-14+,24-11?. The van der Waals surface area contributed by atoms with Crippen molar-refractivity contribution in [1.29, 1.82) is 5.41 Å². The van der Waals surface area contributed by atoms with E-state index in [0.717, 1.165) is 23.4 Å². The summed E-state index contributed by atoms with van der Waals surface area (Å²) in [5, 5.41) is 11.1. The molecule has 1 unspecified atom stereocenters. The van der Waals surface area contributed by atoms with Crippen molar-refractivity contribution in [3.8, 4) is 11.1 Å². The number of hydrogen-bond donors (Lipinski definition) is 3. The van der Waals surface area contributed by atoms with E-state index in [1.54, 1.807) is 25.6 Å². The lowest BCUT2D eigenvalue weighted by molar-refractivity contribution is -0.129. The number of amides is 1. The summed E-state index contributed by atoms with van der Waals surface area (Å²) in [5.41, 5.74) is 7.16. The Hall–Kier alpha value is -3.37. The van der Waals surface area contributed by atoms with Crippen LogP contribution in [0.4, 0.5) is 0 Å².